The molecule has 0 radical (unpaired) electrons. The van der Waals surface area contributed by atoms with Crippen LogP contribution in [-0.2, 0) is 9.53 Å². The molecule has 1 amide bonds. The van der Waals surface area contributed by atoms with Crippen LogP contribution in [-0.4, -0.2) is 43.6 Å². The SMILES string of the molecule is C=CC(=O)N1[C@H]([C@@H](C)[Se]c2ccccc2)O[C@@H]2C[C@H](C)CC[C@H]2C1(C)C. The number of rotatable bonds is 4. The monoisotopic (exact) mass is 421 g/mol. The van der Waals surface area contributed by atoms with Crippen LogP contribution >= 0.6 is 0 Å². The van der Waals surface area contributed by atoms with Crippen LogP contribution in [0.2, 0.25) is 4.82 Å². The van der Waals surface area contributed by atoms with E-state index in [1.54, 1.807) is 0 Å². The van der Waals surface area contributed by atoms with E-state index < -0.39 is 0 Å². The Hall–Kier alpha value is -1.09. The van der Waals surface area contributed by atoms with Gasteiger partial charge in [-0.3, -0.25) is 0 Å². The van der Waals surface area contributed by atoms with Crippen molar-refractivity contribution in [3.63, 3.8) is 0 Å². The number of ether oxygens (including phenoxy) is 1. The van der Waals surface area contributed by atoms with Crippen molar-refractivity contribution in [2.24, 2.45) is 11.8 Å². The van der Waals surface area contributed by atoms with Crippen LogP contribution in [0.15, 0.2) is 43.0 Å². The summed E-state index contributed by atoms with van der Waals surface area (Å²) in [5.74, 6) is 1.09. The van der Waals surface area contributed by atoms with E-state index in [9.17, 15) is 4.79 Å². The third-order valence-corrected chi connectivity index (χ3v) is 8.44. The van der Waals surface area contributed by atoms with Gasteiger partial charge in [-0.1, -0.05) is 0 Å². The van der Waals surface area contributed by atoms with E-state index in [4.69, 9.17) is 4.74 Å². The molecule has 0 N–H and O–H groups in total. The number of hydrogen-bond acceptors (Lipinski definition) is 2. The normalized spacial score (nSPS) is 31.8. The number of carbonyl (C=O) groups excluding carboxylic acids is 1. The van der Waals surface area contributed by atoms with Crippen LogP contribution in [0.5, 0.6) is 0 Å². The summed E-state index contributed by atoms with van der Waals surface area (Å²) in [6.07, 6.45) is 4.98. The van der Waals surface area contributed by atoms with E-state index in [-0.39, 0.29) is 43.6 Å². The molecular weight excluding hydrogens is 389 g/mol. The summed E-state index contributed by atoms with van der Waals surface area (Å²) in [6, 6.07) is 10.6. The van der Waals surface area contributed by atoms with Gasteiger partial charge in [-0.2, -0.15) is 0 Å². The fraction of sp³-hybridized carbons (Fsp3) is 0.591. The summed E-state index contributed by atoms with van der Waals surface area (Å²) in [5, 5.41) is 0. The summed E-state index contributed by atoms with van der Waals surface area (Å²) < 4.78 is 7.99. The molecule has 0 unspecified atom stereocenters. The van der Waals surface area contributed by atoms with Crippen LogP contribution in [0, 0.1) is 11.8 Å². The molecule has 1 aromatic rings. The maximum atomic E-state index is 12.8. The molecule has 0 aromatic heterocycles. The summed E-state index contributed by atoms with van der Waals surface area (Å²) >= 11 is 0.245. The van der Waals surface area contributed by atoms with Gasteiger partial charge in [0.15, 0.2) is 0 Å². The zero-order valence-electron chi connectivity index (χ0n) is 16.4. The molecule has 26 heavy (non-hydrogen) atoms. The molecule has 3 rings (SSSR count). The van der Waals surface area contributed by atoms with Crippen molar-refractivity contribution in [1.29, 1.82) is 0 Å². The second-order valence-electron chi connectivity index (χ2n) is 8.29. The van der Waals surface area contributed by atoms with Gasteiger partial charge in [0.1, 0.15) is 0 Å². The average molecular weight is 420 g/mol. The molecule has 4 heteroatoms. The van der Waals surface area contributed by atoms with Gasteiger partial charge < -0.3 is 0 Å². The molecule has 1 aliphatic carbocycles. The van der Waals surface area contributed by atoms with Gasteiger partial charge in [-0.25, -0.2) is 0 Å². The molecule has 2 aliphatic rings. The van der Waals surface area contributed by atoms with E-state index >= 15 is 0 Å². The topological polar surface area (TPSA) is 29.5 Å². The van der Waals surface area contributed by atoms with Crippen molar-refractivity contribution < 1.29 is 9.53 Å². The van der Waals surface area contributed by atoms with E-state index in [0.29, 0.717) is 11.8 Å². The Labute approximate surface area is 164 Å². The van der Waals surface area contributed by atoms with Crippen molar-refractivity contribution in [2.75, 3.05) is 0 Å². The van der Waals surface area contributed by atoms with Gasteiger partial charge >= 0.3 is 164 Å². The third kappa shape index (κ3) is 3.78. The fourth-order valence-electron chi connectivity index (χ4n) is 4.63. The van der Waals surface area contributed by atoms with Gasteiger partial charge in [0, 0.05) is 0 Å². The molecule has 142 valence electrons. The molecule has 1 saturated carbocycles. The number of benzene rings is 1. The number of hydrogen-bond donors (Lipinski definition) is 0. The summed E-state index contributed by atoms with van der Waals surface area (Å²) in [5.41, 5.74) is -0.208. The van der Waals surface area contributed by atoms with Crippen molar-refractivity contribution in [3.8, 4) is 0 Å². The van der Waals surface area contributed by atoms with Crippen LogP contribution in [0.25, 0.3) is 0 Å². The van der Waals surface area contributed by atoms with Crippen LogP contribution in [0.1, 0.15) is 47.0 Å². The number of fused-ring (bicyclic) bond motifs is 1. The van der Waals surface area contributed by atoms with Crippen LogP contribution < -0.4 is 4.46 Å². The summed E-state index contributed by atoms with van der Waals surface area (Å²) in [4.78, 5) is 15.1. The predicted octanol–water partition coefficient (Wildman–Crippen LogP) is 3.78. The molecular formula is C22H31NO2Se. The molecule has 1 saturated heterocycles. The minimum absolute atomic E-state index is 0.00668. The van der Waals surface area contributed by atoms with Gasteiger partial charge in [0.2, 0.25) is 0 Å². The second-order valence-corrected chi connectivity index (χ2v) is 11.3. The van der Waals surface area contributed by atoms with E-state index in [2.05, 4.69) is 58.5 Å². The van der Waals surface area contributed by atoms with Crippen molar-refractivity contribution in [2.45, 2.75) is 69.6 Å². The number of nitrogens with zero attached hydrogens (tertiary/aromatic N) is 1. The van der Waals surface area contributed by atoms with E-state index in [0.717, 1.165) is 12.8 Å². The fourth-order valence-corrected chi connectivity index (χ4v) is 6.83. The van der Waals surface area contributed by atoms with Crippen LogP contribution in [0.3, 0.4) is 0 Å². The van der Waals surface area contributed by atoms with E-state index in [1.165, 1.54) is 17.0 Å². The zero-order chi connectivity index (χ0) is 18.9. The van der Waals surface area contributed by atoms with Crippen LogP contribution in [0.4, 0.5) is 0 Å². The van der Waals surface area contributed by atoms with Crippen molar-refractivity contribution >= 4 is 25.3 Å². The van der Waals surface area contributed by atoms with Gasteiger partial charge in [-0.05, 0) is 0 Å². The molecule has 1 aromatic carbocycles. The zero-order valence-corrected chi connectivity index (χ0v) is 18.1. The van der Waals surface area contributed by atoms with Gasteiger partial charge in [0.05, 0.1) is 0 Å². The second kappa shape index (κ2) is 7.88. The quantitative estimate of drug-likeness (QED) is 0.548. The number of amides is 1. The first-order valence-corrected chi connectivity index (χ1v) is 11.5. The first kappa shape index (κ1) is 19.7. The minimum atomic E-state index is -0.208. The molecule has 3 nitrogen and oxygen atoms in total. The molecule has 2 fully saturated rings. The Morgan fingerprint density at radius 1 is 1.35 bits per heavy atom. The standard InChI is InChI=1S/C22H31NO2Se/c1-6-20(24)23-21(16(3)26-17-10-8-7-9-11-17)25-19-14-15(2)12-13-18(19)22(23,4)5/h6-11,15-16,18-19,21H,1,12-14H2,2-5H3/t15-,16-,18-,19-,21+/m1/s1. The maximum absolute atomic E-state index is 12.8. The Morgan fingerprint density at radius 2 is 2.04 bits per heavy atom. The predicted molar refractivity (Wildman–Crippen MR) is 108 cm³/mol. The summed E-state index contributed by atoms with van der Waals surface area (Å²) in [7, 11) is 0. The third-order valence-electron chi connectivity index (χ3n) is 6.03. The van der Waals surface area contributed by atoms with Gasteiger partial charge in [0.25, 0.3) is 0 Å². The average Bonchev–Trinajstić information content (AvgIpc) is 2.61. The van der Waals surface area contributed by atoms with E-state index in [1.807, 2.05) is 11.0 Å². The molecule has 5 atom stereocenters. The summed E-state index contributed by atoms with van der Waals surface area (Å²) in [6.45, 7) is 12.7. The first-order valence-electron chi connectivity index (χ1n) is 9.67. The molecule has 0 spiro atoms. The molecule has 1 aliphatic heterocycles. The molecule has 0 bridgehead atoms. The Morgan fingerprint density at radius 3 is 2.69 bits per heavy atom. The first-order chi connectivity index (χ1) is 12.3. The van der Waals surface area contributed by atoms with Gasteiger partial charge in [-0.15, -0.1) is 0 Å². The van der Waals surface area contributed by atoms with Crippen molar-refractivity contribution in [3.05, 3.63) is 43.0 Å². The molecule has 1 heterocycles. The Kier molecular flexibility index (Phi) is 5.96. The number of carbonyl (C=O) groups is 1. The Bertz CT molecular complexity index is 645. The van der Waals surface area contributed by atoms with Crippen molar-refractivity contribution in [1.82, 2.24) is 4.90 Å². The Balaban J connectivity index is 1.89.